The van der Waals surface area contributed by atoms with E-state index in [1.54, 1.807) is 16.2 Å². The van der Waals surface area contributed by atoms with Crippen molar-refractivity contribution in [3.05, 3.63) is 248 Å². The van der Waals surface area contributed by atoms with E-state index in [9.17, 15) is 24.0 Å². The predicted octanol–water partition coefficient (Wildman–Crippen LogP) is 15.0. The number of oxazole rings is 1. The van der Waals surface area contributed by atoms with Gasteiger partial charge >= 0.3 is 0 Å². The summed E-state index contributed by atoms with van der Waals surface area (Å²) in [5, 5.41) is 17.5. The van der Waals surface area contributed by atoms with Crippen molar-refractivity contribution < 1.29 is 56.5 Å². The van der Waals surface area contributed by atoms with Crippen LogP contribution in [0.3, 0.4) is 0 Å². The van der Waals surface area contributed by atoms with E-state index in [4.69, 9.17) is 95.5 Å². The number of nitrogens with one attached hydrogen (secondary N) is 5. The maximum atomic E-state index is 12.8. The van der Waals surface area contributed by atoms with Gasteiger partial charge in [0, 0.05) is 172 Å². The highest BCUT2D eigenvalue weighted by Crippen LogP contribution is 2.45. The normalized spacial score (nSPS) is 21.1. The molecule has 20 rings (SSSR count). The van der Waals surface area contributed by atoms with Crippen molar-refractivity contribution >= 4 is 138 Å². The molecule has 5 aromatic heterocycles. The number of thiophene rings is 1. The Morgan fingerprint density at radius 2 is 0.769 bits per heavy atom. The van der Waals surface area contributed by atoms with Crippen LogP contribution in [0.4, 0.5) is 27.8 Å². The van der Waals surface area contributed by atoms with Gasteiger partial charge in [-0.25, -0.2) is 4.98 Å². The molecule has 5 unspecified atom stereocenters. The van der Waals surface area contributed by atoms with E-state index in [2.05, 4.69) is 75.1 Å². The van der Waals surface area contributed by atoms with Crippen molar-refractivity contribution in [2.75, 3.05) is 196 Å². The minimum Gasteiger partial charge on any atom is -0.435 e. The Bertz CT molecular complexity index is 4700. The SMILES string of the molecule is CN1CCC(c2ccc(Cl)cc2)c2nc(N3CCOCC3)sc2C1=O.O=C1NCCC(c2ccc(Cl)cc2)c2cc(N3CCOCC3)[nH]c21.O=C1NCCC(c2ccc(Cl)cc2)c2cc(N3CCOCC3)oc21.O=C1NCCC(c2ccc(Cl)cc2)c2cc(N3CCOCC3)sc21.O=C1NCCC(c2ccc(Cl)cc2)c2nc(N3CCOCC3)oc21. The summed E-state index contributed by atoms with van der Waals surface area (Å²) in [5.74, 6) is 2.90. The van der Waals surface area contributed by atoms with Crippen LogP contribution in [0, 0.1) is 0 Å². The number of amides is 5. The van der Waals surface area contributed by atoms with Crippen molar-refractivity contribution in [1.82, 2.24) is 41.1 Å². The number of hydrogen-bond acceptors (Lipinski definition) is 21. The monoisotopic (exact) mass is 1780 g/mol. The molecule has 5 fully saturated rings. The number of H-pyrrole nitrogens is 1. The zero-order chi connectivity index (χ0) is 83.5. The maximum absolute atomic E-state index is 12.8. The Labute approximate surface area is 735 Å². The van der Waals surface area contributed by atoms with Crippen LogP contribution in [0.2, 0.25) is 25.1 Å². The molecule has 0 radical (unpaired) electrons. The molecule has 10 aliphatic rings. The number of aromatic nitrogens is 3. The quantitative estimate of drug-likeness (QED) is 0.0851. The zero-order valence-electron chi connectivity index (χ0n) is 67.1. The lowest BCUT2D eigenvalue weighted by Gasteiger charge is -2.27. The van der Waals surface area contributed by atoms with Crippen LogP contribution in [0.25, 0.3) is 0 Å². The van der Waals surface area contributed by atoms with Gasteiger partial charge in [0.05, 0.1) is 81.6 Å². The van der Waals surface area contributed by atoms with Gasteiger partial charge in [0.1, 0.15) is 22.1 Å². The minimum atomic E-state index is -0.200. The lowest BCUT2D eigenvalue weighted by atomic mass is 9.89. The number of morpholine rings is 5. The number of rotatable bonds is 10. The Balaban J connectivity index is 0.000000112. The van der Waals surface area contributed by atoms with Crippen LogP contribution in [0.1, 0.15) is 169 Å². The number of ether oxygens (including phenoxy) is 5. The fourth-order valence-corrected chi connectivity index (χ4v) is 19.8. The molecule has 5 aromatic carbocycles. The molecule has 121 heavy (non-hydrogen) atoms. The van der Waals surface area contributed by atoms with Crippen LogP contribution in [-0.2, 0) is 23.7 Å². The molecule has 10 aliphatic heterocycles. The van der Waals surface area contributed by atoms with Crippen molar-refractivity contribution in [2.45, 2.75) is 61.7 Å². The van der Waals surface area contributed by atoms with Crippen molar-refractivity contribution in [3.63, 3.8) is 0 Å². The largest absolute Gasteiger partial charge is 0.435 e. The molecule has 0 spiro atoms. The van der Waals surface area contributed by atoms with Gasteiger partial charge in [0.2, 0.25) is 5.76 Å². The van der Waals surface area contributed by atoms with Crippen LogP contribution in [0.15, 0.2) is 148 Å². The van der Waals surface area contributed by atoms with Gasteiger partial charge in [-0.1, -0.05) is 130 Å². The second-order valence-electron chi connectivity index (χ2n) is 30.9. The summed E-state index contributed by atoms with van der Waals surface area (Å²) in [7, 11) is 1.87. The molecule has 10 aromatic rings. The van der Waals surface area contributed by atoms with E-state index in [0.717, 1.165) is 198 Å². The summed E-state index contributed by atoms with van der Waals surface area (Å²) < 4.78 is 38.8. The predicted molar refractivity (Wildman–Crippen MR) is 473 cm³/mol. The van der Waals surface area contributed by atoms with E-state index < -0.39 is 0 Å². The number of aromatic amines is 1. The topological polar surface area (TPSA) is 267 Å². The van der Waals surface area contributed by atoms with Gasteiger partial charge in [-0.3, -0.25) is 24.0 Å². The smallest absolute Gasteiger partial charge is 0.298 e. The van der Waals surface area contributed by atoms with E-state index in [0.29, 0.717) is 118 Å². The first-order chi connectivity index (χ1) is 59.0. The lowest BCUT2D eigenvalue weighted by molar-refractivity contribution is 0.0802. The number of carbonyl (C=O) groups excluding carboxylic acids is 5. The molecule has 15 heterocycles. The summed E-state index contributed by atoms with van der Waals surface area (Å²) in [4.78, 5) is 89.6. The Morgan fingerprint density at radius 1 is 0.364 bits per heavy atom. The molecule has 5 amide bonds. The standard InChI is InChI=1S/C18H20ClN3O2S.C18H20ClN3O2.C18H19ClN2O3.C18H19ClN2O2S.C17H18ClN3O3/c1-21-7-6-14(12-2-4-13(19)5-3-12)15-16(17(21)23)25-18(20-15)22-8-10-24-11-9-22;19-13-3-1-12(2-4-13)14-5-6-20-18(23)17-15(14)11-16(21-17)22-7-9-24-10-8-22;2*19-13-3-1-12(2-4-13)14-5-6-20-18(22)17-15(14)11-16(24-17)21-7-9-23-10-8-21;18-12-3-1-11(2-4-12)13-5-6-19-16(22)15-14(13)20-17(24-15)21-7-9-23-10-8-21/h2-5,14H,6-11H2,1H3;1-4,11,14,21H,5-10H2,(H,20,23);2*1-4,11,14H,5-10H2,(H,20,22);1-4,13H,5-10H2,(H,19,22). The molecule has 636 valence electrons. The Morgan fingerprint density at radius 3 is 1.27 bits per heavy atom. The molecular formula is C89H96Cl5N13O12S2. The second-order valence-corrected chi connectivity index (χ2v) is 35.0. The summed E-state index contributed by atoms with van der Waals surface area (Å²) >= 11 is 33.2. The van der Waals surface area contributed by atoms with Crippen LogP contribution < -0.4 is 45.8 Å². The van der Waals surface area contributed by atoms with Crippen LogP contribution in [0.5, 0.6) is 0 Å². The third-order valence-electron chi connectivity index (χ3n) is 23.3. The first-order valence-electron chi connectivity index (χ1n) is 41.3. The van der Waals surface area contributed by atoms with Crippen LogP contribution >= 0.6 is 80.7 Å². The number of fused-ring (bicyclic) bond motifs is 5. The number of benzene rings is 5. The summed E-state index contributed by atoms with van der Waals surface area (Å²) in [6.45, 7) is 18.4. The number of anilines is 5. The second kappa shape index (κ2) is 40.0. The number of hydrogen-bond donors (Lipinski definition) is 5. The van der Waals surface area contributed by atoms with Crippen LogP contribution in [-0.4, -0.2) is 221 Å². The number of halogens is 5. The molecule has 0 bridgehead atoms. The first-order valence-corrected chi connectivity index (χ1v) is 44.9. The molecule has 5 saturated heterocycles. The maximum Gasteiger partial charge on any atom is 0.298 e. The van der Waals surface area contributed by atoms with Gasteiger partial charge in [-0.05, 0) is 144 Å². The number of nitrogens with zero attached hydrogens (tertiary/aromatic N) is 8. The van der Waals surface area contributed by atoms with Gasteiger partial charge in [0.25, 0.3) is 35.6 Å². The van der Waals surface area contributed by atoms with Gasteiger partial charge in [-0.15, -0.1) is 11.3 Å². The van der Waals surface area contributed by atoms with Gasteiger partial charge in [-0.2, -0.15) is 4.98 Å². The van der Waals surface area contributed by atoms with Crippen molar-refractivity contribution in [2.24, 2.45) is 0 Å². The van der Waals surface area contributed by atoms with E-state index in [1.165, 1.54) is 27.5 Å². The molecule has 5 N–H and O–H groups in total. The first kappa shape index (κ1) is 85.4. The fourth-order valence-electron chi connectivity index (χ4n) is 16.8. The average molecular weight is 1780 g/mol. The zero-order valence-corrected chi connectivity index (χ0v) is 72.5. The van der Waals surface area contributed by atoms with Gasteiger partial charge in [0.15, 0.2) is 16.8 Å². The van der Waals surface area contributed by atoms with Crippen molar-refractivity contribution in [1.29, 1.82) is 0 Å². The minimum absolute atomic E-state index is 0.00903. The Hall–Kier alpha value is -9.20. The van der Waals surface area contributed by atoms with E-state index >= 15 is 0 Å². The number of carbonyl (C=O) groups is 5. The molecule has 0 aliphatic carbocycles. The number of thiazole rings is 1. The summed E-state index contributed by atoms with van der Waals surface area (Å²) in [6.07, 6.45) is 4.25. The third-order valence-corrected chi connectivity index (χ3v) is 26.9. The number of furan rings is 1. The summed E-state index contributed by atoms with van der Waals surface area (Å²) in [5.41, 5.74) is 11.2. The highest BCUT2D eigenvalue weighted by atomic mass is 35.5. The summed E-state index contributed by atoms with van der Waals surface area (Å²) in [6, 6.07) is 46.2. The van der Waals surface area contributed by atoms with Crippen molar-refractivity contribution in [3.8, 4) is 0 Å². The third kappa shape index (κ3) is 20.4. The highest BCUT2D eigenvalue weighted by Gasteiger charge is 2.38. The molecule has 5 atom stereocenters. The van der Waals surface area contributed by atoms with E-state index in [1.807, 2.05) is 127 Å². The Kier molecular flexibility index (Phi) is 28.2. The highest BCUT2D eigenvalue weighted by molar-refractivity contribution is 7.18. The van der Waals surface area contributed by atoms with Gasteiger partial charge < -0.3 is 88.2 Å². The molecular weight excluding hydrogens is 1680 g/mol. The average Bonchev–Trinajstić information content (AvgIpc) is 1.65. The molecule has 32 heteroatoms. The molecule has 0 saturated carbocycles. The van der Waals surface area contributed by atoms with E-state index in [-0.39, 0.29) is 59.1 Å². The molecule has 25 nitrogen and oxygen atoms in total. The fraction of sp³-hybridized carbons (Fsp3) is 0.404. The lowest BCUT2D eigenvalue weighted by Crippen LogP contribution is -2.36.